The van der Waals surface area contributed by atoms with Crippen molar-refractivity contribution in [1.29, 1.82) is 0 Å². The molecule has 0 saturated carbocycles. The van der Waals surface area contributed by atoms with Crippen LogP contribution in [0.2, 0.25) is 5.02 Å². The van der Waals surface area contributed by atoms with Crippen LogP contribution in [0, 0.1) is 3.57 Å². The Kier molecular flexibility index (Phi) is 6.02. The molecule has 0 unspecified atom stereocenters. The number of nitrogens with one attached hydrogen (secondary N) is 1. The molecule has 0 spiro atoms. The maximum atomic E-state index is 12.3. The van der Waals surface area contributed by atoms with Crippen LogP contribution in [0.3, 0.4) is 0 Å². The second-order valence-electron chi connectivity index (χ2n) is 4.42. The highest BCUT2D eigenvalue weighted by molar-refractivity contribution is 14.1. The normalized spacial score (nSPS) is 10.4. The van der Waals surface area contributed by atoms with E-state index in [0.29, 0.717) is 23.8 Å². The molecule has 2 rings (SSSR count). The lowest BCUT2D eigenvalue weighted by molar-refractivity contribution is 0.102. The summed E-state index contributed by atoms with van der Waals surface area (Å²) in [4.78, 5) is 12.3. The van der Waals surface area contributed by atoms with E-state index in [1.165, 1.54) is 0 Å². The van der Waals surface area contributed by atoms with Crippen LogP contribution < -0.4 is 5.32 Å². The average molecular weight is 416 g/mol. The van der Waals surface area contributed by atoms with Crippen molar-refractivity contribution in [2.24, 2.45) is 0 Å². The van der Waals surface area contributed by atoms with Gasteiger partial charge >= 0.3 is 0 Å². The van der Waals surface area contributed by atoms with Crippen molar-refractivity contribution in [3.8, 4) is 0 Å². The largest absolute Gasteiger partial charge is 0.377 e. The smallest absolute Gasteiger partial charge is 0.256 e. The minimum atomic E-state index is -0.148. The summed E-state index contributed by atoms with van der Waals surface area (Å²) in [7, 11) is 0. The summed E-state index contributed by atoms with van der Waals surface area (Å²) in [6.45, 7) is 3.16. The van der Waals surface area contributed by atoms with Gasteiger partial charge in [0.25, 0.3) is 5.91 Å². The third-order valence-corrected chi connectivity index (χ3v) is 3.96. The van der Waals surface area contributed by atoms with Gasteiger partial charge < -0.3 is 10.1 Å². The SMILES string of the molecule is CCOCc1cccc(NC(=O)c2ccc(Cl)cc2I)c1. The number of carbonyl (C=O) groups excluding carboxylic acids is 1. The number of hydrogen-bond donors (Lipinski definition) is 1. The molecule has 21 heavy (non-hydrogen) atoms. The molecule has 110 valence electrons. The molecule has 2 aromatic carbocycles. The van der Waals surface area contributed by atoms with E-state index in [4.69, 9.17) is 16.3 Å². The van der Waals surface area contributed by atoms with Gasteiger partial charge in [0.2, 0.25) is 0 Å². The standard InChI is InChI=1S/C16H15ClINO2/c1-2-21-10-11-4-3-5-13(8-11)19-16(20)14-7-6-12(17)9-15(14)18/h3-9H,2,10H2,1H3,(H,19,20). The highest BCUT2D eigenvalue weighted by Crippen LogP contribution is 2.20. The Labute approximate surface area is 142 Å². The number of ether oxygens (including phenoxy) is 1. The number of carbonyl (C=O) groups is 1. The van der Waals surface area contributed by atoms with E-state index in [1.54, 1.807) is 18.2 Å². The van der Waals surface area contributed by atoms with Gasteiger partial charge in [0.15, 0.2) is 0 Å². The summed E-state index contributed by atoms with van der Waals surface area (Å²) in [6, 6.07) is 12.8. The molecule has 1 amide bonds. The van der Waals surface area contributed by atoms with E-state index in [-0.39, 0.29) is 5.91 Å². The van der Waals surface area contributed by atoms with Crippen LogP contribution in [0.1, 0.15) is 22.8 Å². The number of rotatable bonds is 5. The topological polar surface area (TPSA) is 38.3 Å². The van der Waals surface area contributed by atoms with Crippen molar-refractivity contribution in [3.63, 3.8) is 0 Å². The molecule has 3 nitrogen and oxygen atoms in total. The minimum Gasteiger partial charge on any atom is -0.377 e. The molecule has 2 aromatic rings. The second-order valence-corrected chi connectivity index (χ2v) is 6.01. The van der Waals surface area contributed by atoms with Crippen molar-refractivity contribution in [3.05, 3.63) is 62.2 Å². The highest BCUT2D eigenvalue weighted by Gasteiger charge is 2.10. The fourth-order valence-corrected chi connectivity index (χ4v) is 2.95. The first-order chi connectivity index (χ1) is 10.1. The van der Waals surface area contributed by atoms with Crippen molar-refractivity contribution < 1.29 is 9.53 Å². The van der Waals surface area contributed by atoms with E-state index in [0.717, 1.165) is 14.8 Å². The van der Waals surface area contributed by atoms with Crippen LogP contribution in [0.4, 0.5) is 5.69 Å². The predicted molar refractivity (Wildman–Crippen MR) is 93.9 cm³/mol. The Morgan fingerprint density at radius 1 is 1.29 bits per heavy atom. The van der Waals surface area contributed by atoms with Gasteiger partial charge in [-0.3, -0.25) is 4.79 Å². The van der Waals surface area contributed by atoms with Gasteiger partial charge in [0, 0.05) is 20.9 Å². The van der Waals surface area contributed by atoms with E-state index in [1.807, 2.05) is 31.2 Å². The van der Waals surface area contributed by atoms with Gasteiger partial charge in [0.1, 0.15) is 0 Å². The first-order valence-electron chi connectivity index (χ1n) is 6.53. The van der Waals surface area contributed by atoms with Crippen molar-refractivity contribution >= 4 is 45.8 Å². The van der Waals surface area contributed by atoms with Gasteiger partial charge in [-0.2, -0.15) is 0 Å². The van der Waals surface area contributed by atoms with Crippen molar-refractivity contribution in [2.45, 2.75) is 13.5 Å². The Morgan fingerprint density at radius 2 is 2.10 bits per heavy atom. The summed E-state index contributed by atoms with van der Waals surface area (Å²) in [5, 5.41) is 3.51. The number of amides is 1. The molecule has 0 aliphatic rings. The monoisotopic (exact) mass is 415 g/mol. The van der Waals surface area contributed by atoms with Gasteiger partial charge in [-0.15, -0.1) is 0 Å². The molecule has 0 aliphatic heterocycles. The van der Waals surface area contributed by atoms with Crippen LogP contribution in [0.25, 0.3) is 0 Å². The molecule has 0 bridgehead atoms. The third kappa shape index (κ3) is 4.69. The van der Waals surface area contributed by atoms with E-state index < -0.39 is 0 Å². The van der Waals surface area contributed by atoms with Gasteiger partial charge in [-0.05, 0) is 65.4 Å². The zero-order valence-electron chi connectivity index (χ0n) is 11.5. The maximum absolute atomic E-state index is 12.3. The zero-order valence-corrected chi connectivity index (χ0v) is 14.4. The summed E-state index contributed by atoms with van der Waals surface area (Å²) in [6.07, 6.45) is 0. The summed E-state index contributed by atoms with van der Waals surface area (Å²) in [5.41, 5.74) is 2.39. The quantitative estimate of drug-likeness (QED) is 0.717. The number of anilines is 1. The molecule has 0 saturated heterocycles. The molecular formula is C16H15ClINO2. The Morgan fingerprint density at radius 3 is 2.81 bits per heavy atom. The fourth-order valence-electron chi connectivity index (χ4n) is 1.83. The highest BCUT2D eigenvalue weighted by atomic mass is 127. The number of hydrogen-bond acceptors (Lipinski definition) is 2. The number of halogens is 2. The van der Waals surface area contributed by atoms with Crippen molar-refractivity contribution in [1.82, 2.24) is 0 Å². The molecule has 0 atom stereocenters. The molecule has 0 heterocycles. The van der Waals surface area contributed by atoms with Crippen LogP contribution in [-0.4, -0.2) is 12.5 Å². The van der Waals surface area contributed by atoms with Gasteiger partial charge in [-0.25, -0.2) is 0 Å². The molecule has 1 N–H and O–H groups in total. The lowest BCUT2D eigenvalue weighted by Crippen LogP contribution is -2.13. The fraction of sp³-hybridized carbons (Fsp3) is 0.188. The van der Waals surface area contributed by atoms with Gasteiger partial charge in [0.05, 0.1) is 12.2 Å². The lowest BCUT2D eigenvalue weighted by Gasteiger charge is -2.09. The molecular weight excluding hydrogens is 401 g/mol. The van der Waals surface area contributed by atoms with Crippen molar-refractivity contribution in [2.75, 3.05) is 11.9 Å². The summed E-state index contributed by atoms with van der Waals surface area (Å²) in [5.74, 6) is -0.148. The molecule has 0 fully saturated rings. The lowest BCUT2D eigenvalue weighted by atomic mass is 10.2. The number of benzene rings is 2. The Bertz CT molecular complexity index is 646. The second kappa shape index (κ2) is 7.77. The summed E-state index contributed by atoms with van der Waals surface area (Å²) >= 11 is 8.00. The maximum Gasteiger partial charge on any atom is 0.256 e. The molecule has 0 aliphatic carbocycles. The van der Waals surface area contributed by atoms with E-state index in [2.05, 4.69) is 27.9 Å². The van der Waals surface area contributed by atoms with Crippen LogP contribution in [0.5, 0.6) is 0 Å². The van der Waals surface area contributed by atoms with Gasteiger partial charge in [-0.1, -0.05) is 23.7 Å². The molecule has 0 aromatic heterocycles. The third-order valence-electron chi connectivity index (χ3n) is 2.83. The minimum absolute atomic E-state index is 0.148. The van der Waals surface area contributed by atoms with E-state index in [9.17, 15) is 4.79 Å². The molecule has 0 radical (unpaired) electrons. The van der Waals surface area contributed by atoms with Crippen LogP contribution in [0.15, 0.2) is 42.5 Å². The molecule has 5 heteroatoms. The first kappa shape index (κ1) is 16.3. The van der Waals surface area contributed by atoms with Crippen LogP contribution >= 0.6 is 34.2 Å². The van der Waals surface area contributed by atoms with Crippen LogP contribution in [-0.2, 0) is 11.3 Å². The summed E-state index contributed by atoms with van der Waals surface area (Å²) < 4.78 is 6.19. The average Bonchev–Trinajstić information content (AvgIpc) is 2.45. The van der Waals surface area contributed by atoms with E-state index >= 15 is 0 Å². The predicted octanol–water partition coefficient (Wildman–Crippen LogP) is 4.73. The Balaban J connectivity index is 2.12. The Hall–Kier alpha value is -1.11. The first-order valence-corrected chi connectivity index (χ1v) is 7.99. The zero-order chi connectivity index (χ0) is 15.2.